The van der Waals surface area contributed by atoms with Crippen LogP contribution in [-0.2, 0) is 30.0 Å². The second-order valence-corrected chi connectivity index (χ2v) is 6.89. The van der Waals surface area contributed by atoms with E-state index in [1.807, 2.05) is 24.3 Å². The van der Waals surface area contributed by atoms with Crippen LogP contribution >= 0.6 is 0 Å². The SMILES string of the molecule is COC(=O)[C@@H]1Cc2c([nH]c3ccccc23)C(c2c(O)n(C)c(=O)n(C)c2=O)N1. The molecule has 0 bridgehead atoms. The van der Waals surface area contributed by atoms with Gasteiger partial charge >= 0.3 is 11.7 Å². The number of aromatic hydroxyl groups is 1. The fourth-order valence-electron chi connectivity index (χ4n) is 3.87. The minimum absolute atomic E-state index is 0.00832. The molecule has 1 aliphatic heterocycles. The van der Waals surface area contributed by atoms with Gasteiger partial charge in [0.15, 0.2) is 0 Å². The number of H-pyrrole nitrogens is 1. The summed E-state index contributed by atoms with van der Waals surface area (Å²) in [6.45, 7) is 0. The van der Waals surface area contributed by atoms with Crippen LogP contribution in [0.4, 0.5) is 0 Å². The van der Waals surface area contributed by atoms with E-state index in [9.17, 15) is 19.5 Å². The molecular weight excluding hydrogens is 364 g/mol. The Morgan fingerprint density at radius 3 is 2.64 bits per heavy atom. The second kappa shape index (κ2) is 6.38. The van der Waals surface area contributed by atoms with E-state index in [4.69, 9.17) is 4.74 Å². The topological polar surface area (TPSA) is 118 Å². The highest BCUT2D eigenvalue weighted by Crippen LogP contribution is 2.36. The Balaban J connectivity index is 2.02. The van der Waals surface area contributed by atoms with Crippen LogP contribution in [0.5, 0.6) is 5.88 Å². The van der Waals surface area contributed by atoms with Gasteiger partial charge in [-0.1, -0.05) is 18.2 Å². The summed E-state index contributed by atoms with van der Waals surface area (Å²) in [4.78, 5) is 40.5. The van der Waals surface area contributed by atoms with E-state index in [2.05, 4.69) is 10.3 Å². The third kappa shape index (κ3) is 2.47. The first kappa shape index (κ1) is 18.1. The van der Waals surface area contributed by atoms with Crippen LogP contribution in [0, 0.1) is 0 Å². The number of benzene rings is 1. The zero-order valence-electron chi connectivity index (χ0n) is 15.6. The molecule has 1 aliphatic rings. The van der Waals surface area contributed by atoms with E-state index in [-0.39, 0.29) is 5.56 Å². The van der Waals surface area contributed by atoms with Crippen molar-refractivity contribution in [2.24, 2.45) is 14.1 Å². The van der Waals surface area contributed by atoms with E-state index in [1.165, 1.54) is 21.2 Å². The highest BCUT2D eigenvalue weighted by Gasteiger charge is 2.37. The number of nitrogens with one attached hydrogen (secondary N) is 2. The normalized spacial score (nSPS) is 18.8. The van der Waals surface area contributed by atoms with Gasteiger partial charge < -0.3 is 14.8 Å². The summed E-state index contributed by atoms with van der Waals surface area (Å²) >= 11 is 0. The lowest BCUT2D eigenvalue weighted by Crippen LogP contribution is -2.48. The zero-order chi connectivity index (χ0) is 20.2. The Kier molecular flexibility index (Phi) is 4.11. The van der Waals surface area contributed by atoms with E-state index in [1.54, 1.807) is 0 Å². The Morgan fingerprint density at radius 2 is 1.93 bits per heavy atom. The Morgan fingerprint density at radius 1 is 1.21 bits per heavy atom. The number of methoxy groups -OCH3 is 1. The molecule has 0 fully saturated rings. The summed E-state index contributed by atoms with van der Waals surface area (Å²) < 4.78 is 6.83. The van der Waals surface area contributed by atoms with E-state index >= 15 is 0 Å². The van der Waals surface area contributed by atoms with Crippen molar-refractivity contribution in [3.63, 3.8) is 0 Å². The number of rotatable bonds is 2. The lowest BCUT2D eigenvalue weighted by molar-refractivity contribution is -0.143. The first-order valence-corrected chi connectivity index (χ1v) is 8.77. The Labute approximate surface area is 159 Å². The van der Waals surface area contributed by atoms with Crippen LogP contribution in [0.2, 0.25) is 0 Å². The van der Waals surface area contributed by atoms with Crippen LogP contribution in [0.25, 0.3) is 10.9 Å². The largest absolute Gasteiger partial charge is 0.494 e. The third-order valence-corrected chi connectivity index (χ3v) is 5.35. The molecule has 28 heavy (non-hydrogen) atoms. The van der Waals surface area contributed by atoms with Gasteiger partial charge in [0.2, 0.25) is 5.88 Å². The van der Waals surface area contributed by atoms with Crippen LogP contribution in [-0.4, -0.2) is 38.3 Å². The molecule has 1 unspecified atom stereocenters. The van der Waals surface area contributed by atoms with Crippen molar-refractivity contribution in [3.8, 4) is 5.88 Å². The fraction of sp³-hybridized carbons (Fsp3) is 0.316. The Hall–Kier alpha value is -3.33. The maximum atomic E-state index is 12.9. The molecule has 0 radical (unpaired) electrons. The number of fused-ring (bicyclic) bond motifs is 3. The maximum absolute atomic E-state index is 12.9. The molecule has 4 rings (SSSR count). The number of nitrogens with zero attached hydrogens (tertiary/aromatic N) is 2. The van der Waals surface area contributed by atoms with Crippen molar-refractivity contribution >= 4 is 16.9 Å². The summed E-state index contributed by atoms with van der Waals surface area (Å²) in [5.74, 6) is -0.914. The second-order valence-electron chi connectivity index (χ2n) is 6.89. The number of hydrogen-bond acceptors (Lipinski definition) is 6. The molecule has 9 nitrogen and oxygen atoms in total. The first-order valence-electron chi connectivity index (χ1n) is 8.77. The van der Waals surface area contributed by atoms with Crippen molar-refractivity contribution < 1.29 is 14.6 Å². The predicted octanol–water partition coefficient (Wildman–Crippen LogP) is 0.0476. The van der Waals surface area contributed by atoms with Gasteiger partial charge in [-0.2, -0.15) is 0 Å². The van der Waals surface area contributed by atoms with Crippen molar-refractivity contribution in [1.82, 2.24) is 19.4 Å². The summed E-state index contributed by atoms with van der Waals surface area (Å²) in [7, 11) is 4.03. The van der Waals surface area contributed by atoms with Gasteiger partial charge in [0.1, 0.15) is 11.6 Å². The minimum Gasteiger partial charge on any atom is -0.494 e. The maximum Gasteiger partial charge on any atom is 0.333 e. The van der Waals surface area contributed by atoms with Crippen LogP contribution < -0.4 is 16.6 Å². The molecular formula is C19H20N4O5. The molecule has 0 aliphatic carbocycles. The summed E-state index contributed by atoms with van der Waals surface area (Å²) in [5, 5.41) is 14.6. The number of aromatic amines is 1. The number of esters is 1. The predicted molar refractivity (Wildman–Crippen MR) is 101 cm³/mol. The molecule has 146 valence electrons. The van der Waals surface area contributed by atoms with Gasteiger partial charge in [-0.25, -0.2) is 4.79 Å². The third-order valence-electron chi connectivity index (χ3n) is 5.35. The lowest BCUT2D eigenvalue weighted by atomic mass is 9.91. The number of para-hydroxylation sites is 1. The molecule has 3 heterocycles. The van der Waals surface area contributed by atoms with Crippen molar-refractivity contribution in [2.45, 2.75) is 18.5 Å². The summed E-state index contributed by atoms with van der Waals surface area (Å²) in [6.07, 6.45) is 0.370. The first-order chi connectivity index (χ1) is 13.3. The van der Waals surface area contributed by atoms with Gasteiger partial charge in [-0.3, -0.25) is 24.0 Å². The number of ether oxygens (including phenoxy) is 1. The van der Waals surface area contributed by atoms with Gasteiger partial charge in [-0.05, 0) is 11.6 Å². The zero-order valence-corrected chi connectivity index (χ0v) is 15.6. The van der Waals surface area contributed by atoms with Crippen molar-refractivity contribution in [3.05, 3.63) is 61.9 Å². The average Bonchev–Trinajstić information content (AvgIpc) is 3.09. The van der Waals surface area contributed by atoms with Crippen LogP contribution in [0.15, 0.2) is 33.9 Å². The quantitative estimate of drug-likeness (QED) is 0.537. The molecule has 0 amide bonds. The number of hydrogen-bond donors (Lipinski definition) is 3. The van der Waals surface area contributed by atoms with E-state index in [0.717, 1.165) is 25.6 Å². The van der Waals surface area contributed by atoms with Gasteiger partial charge in [0, 0.05) is 37.1 Å². The standard InChI is InChI=1S/C19H20N4O5/c1-22-16(24)13(17(25)23(2)19(22)27)15-14-10(8-12(21-15)18(26)28-3)9-6-4-5-7-11(9)20-14/h4-7,12,15,20-21,24H,8H2,1-3H3/t12-,15?/m0/s1. The van der Waals surface area contributed by atoms with Crippen LogP contribution in [0.1, 0.15) is 22.9 Å². The molecule has 0 saturated carbocycles. The molecule has 2 aromatic heterocycles. The van der Waals surface area contributed by atoms with Gasteiger partial charge in [-0.15, -0.1) is 0 Å². The molecule has 3 aromatic rings. The van der Waals surface area contributed by atoms with Gasteiger partial charge in [0.05, 0.1) is 13.2 Å². The van der Waals surface area contributed by atoms with Crippen LogP contribution in [0.3, 0.4) is 0 Å². The fourth-order valence-corrected chi connectivity index (χ4v) is 3.87. The molecule has 2 atom stereocenters. The Bertz CT molecular complexity index is 1220. The molecule has 0 saturated heterocycles. The summed E-state index contributed by atoms with van der Waals surface area (Å²) in [6, 6.07) is 6.08. The molecule has 0 spiro atoms. The smallest absolute Gasteiger partial charge is 0.333 e. The minimum atomic E-state index is -0.814. The summed E-state index contributed by atoms with van der Waals surface area (Å²) in [5.41, 5.74) is 1.12. The average molecular weight is 384 g/mol. The number of carbonyl (C=O) groups excluding carboxylic acids is 1. The van der Waals surface area contributed by atoms with Gasteiger partial charge in [0.25, 0.3) is 5.56 Å². The van der Waals surface area contributed by atoms with Crippen molar-refractivity contribution in [1.29, 1.82) is 0 Å². The van der Waals surface area contributed by atoms with E-state index in [0.29, 0.717) is 12.1 Å². The number of carbonyl (C=O) groups is 1. The monoisotopic (exact) mass is 384 g/mol. The van der Waals surface area contributed by atoms with Crippen molar-refractivity contribution in [2.75, 3.05) is 7.11 Å². The van der Waals surface area contributed by atoms with E-state index < -0.39 is 35.2 Å². The molecule has 3 N–H and O–H groups in total. The highest BCUT2D eigenvalue weighted by molar-refractivity contribution is 5.87. The highest BCUT2D eigenvalue weighted by atomic mass is 16.5. The molecule has 1 aromatic carbocycles. The lowest BCUT2D eigenvalue weighted by Gasteiger charge is -2.30. The molecule has 9 heteroatoms. The number of aromatic nitrogens is 3.